The summed E-state index contributed by atoms with van der Waals surface area (Å²) in [6, 6.07) is 4.17. The van der Waals surface area contributed by atoms with Crippen LogP contribution < -0.4 is 10.1 Å². The molecule has 3 heteroatoms. The average Bonchev–Trinajstić information content (AvgIpc) is 2.15. The van der Waals surface area contributed by atoms with E-state index in [2.05, 4.69) is 38.2 Å². The van der Waals surface area contributed by atoms with Crippen molar-refractivity contribution in [3.05, 3.63) is 23.3 Å². The fraction of sp³-hybridized carbons (Fsp3) is 0.571. The van der Waals surface area contributed by atoms with Crippen LogP contribution in [0.2, 0.25) is 0 Å². The largest absolute Gasteiger partial charge is 0.494 e. The second-order valence-corrected chi connectivity index (χ2v) is 5.15. The third-order valence-corrected chi connectivity index (χ3v) is 2.83. The first-order valence-corrected chi connectivity index (χ1v) is 5.94. The Hall–Kier alpha value is -1.22. The van der Waals surface area contributed by atoms with Crippen LogP contribution in [0, 0.1) is 13.8 Å². The van der Waals surface area contributed by atoms with Gasteiger partial charge in [0.2, 0.25) is 0 Å². The van der Waals surface area contributed by atoms with Gasteiger partial charge in [0.15, 0.2) is 0 Å². The summed E-state index contributed by atoms with van der Waals surface area (Å²) >= 11 is 0. The molecule has 0 aliphatic heterocycles. The molecule has 0 aliphatic rings. The van der Waals surface area contributed by atoms with E-state index in [0.717, 1.165) is 17.0 Å². The van der Waals surface area contributed by atoms with E-state index in [9.17, 15) is 0 Å². The quantitative estimate of drug-likeness (QED) is 0.827. The zero-order chi connectivity index (χ0) is 13.1. The van der Waals surface area contributed by atoms with Gasteiger partial charge in [-0.2, -0.15) is 0 Å². The summed E-state index contributed by atoms with van der Waals surface area (Å²) in [5, 5.41) is 12.5. The third-order valence-electron chi connectivity index (χ3n) is 2.83. The summed E-state index contributed by atoms with van der Waals surface area (Å²) in [5.74, 6) is 0.876. The van der Waals surface area contributed by atoms with Crippen LogP contribution in [-0.4, -0.2) is 24.4 Å². The Bertz CT molecular complexity index is 386. The Kier molecular flexibility index (Phi) is 4.40. The van der Waals surface area contributed by atoms with Crippen LogP contribution in [0.3, 0.4) is 0 Å². The molecule has 0 aliphatic carbocycles. The van der Waals surface area contributed by atoms with Crippen molar-refractivity contribution in [3.63, 3.8) is 0 Å². The lowest BCUT2D eigenvalue weighted by Gasteiger charge is -2.28. The fourth-order valence-corrected chi connectivity index (χ4v) is 2.02. The molecule has 0 saturated heterocycles. The molecule has 1 rings (SSSR count). The lowest BCUT2D eigenvalue weighted by atomic mass is 9.99. The van der Waals surface area contributed by atoms with Gasteiger partial charge in [-0.3, -0.25) is 0 Å². The second-order valence-electron chi connectivity index (χ2n) is 5.15. The van der Waals surface area contributed by atoms with E-state index < -0.39 is 0 Å². The molecule has 0 spiro atoms. The number of hydrogen-bond acceptors (Lipinski definition) is 3. The number of hydrogen-bond donors (Lipinski definition) is 2. The minimum absolute atomic E-state index is 0.151. The zero-order valence-corrected chi connectivity index (χ0v) is 11.4. The van der Waals surface area contributed by atoms with Gasteiger partial charge in [0, 0.05) is 12.1 Å². The highest BCUT2D eigenvalue weighted by molar-refractivity contribution is 5.62. The summed E-state index contributed by atoms with van der Waals surface area (Å²) in [7, 11) is 1.68. The number of methoxy groups -OCH3 is 1. The molecule has 0 saturated carbocycles. The highest BCUT2D eigenvalue weighted by Crippen LogP contribution is 2.32. The maximum Gasteiger partial charge on any atom is 0.144 e. The SMILES string of the molecule is COc1c(C)cc(C)cc1NC(C)(C)CCO. The van der Waals surface area contributed by atoms with Crippen molar-refractivity contribution in [3.8, 4) is 5.75 Å². The van der Waals surface area contributed by atoms with Gasteiger partial charge >= 0.3 is 0 Å². The van der Waals surface area contributed by atoms with Crippen molar-refractivity contribution in [2.75, 3.05) is 19.0 Å². The van der Waals surface area contributed by atoms with Crippen molar-refractivity contribution >= 4 is 5.69 Å². The third kappa shape index (κ3) is 3.63. The number of aliphatic hydroxyl groups is 1. The van der Waals surface area contributed by atoms with Gasteiger partial charge < -0.3 is 15.2 Å². The van der Waals surface area contributed by atoms with Gasteiger partial charge in [-0.15, -0.1) is 0 Å². The molecular formula is C14H23NO2. The Morgan fingerprint density at radius 2 is 1.94 bits per heavy atom. The molecule has 96 valence electrons. The Labute approximate surface area is 104 Å². The molecular weight excluding hydrogens is 214 g/mol. The fourth-order valence-electron chi connectivity index (χ4n) is 2.02. The molecule has 0 fully saturated rings. The highest BCUT2D eigenvalue weighted by Gasteiger charge is 2.19. The molecule has 0 unspecified atom stereocenters. The lowest BCUT2D eigenvalue weighted by molar-refractivity contribution is 0.260. The summed E-state index contributed by atoms with van der Waals surface area (Å²) < 4.78 is 5.43. The molecule has 0 atom stereocenters. The molecule has 1 aromatic rings. The van der Waals surface area contributed by atoms with Crippen molar-refractivity contribution in [1.29, 1.82) is 0 Å². The molecule has 0 bridgehead atoms. The summed E-state index contributed by atoms with van der Waals surface area (Å²) in [4.78, 5) is 0. The molecule has 2 N–H and O–H groups in total. The zero-order valence-electron chi connectivity index (χ0n) is 11.4. The second kappa shape index (κ2) is 5.41. The molecule has 0 radical (unpaired) electrons. The van der Waals surface area contributed by atoms with Crippen LogP contribution in [0.15, 0.2) is 12.1 Å². The molecule has 1 aromatic carbocycles. The number of benzene rings is 1. The maximum atomic E-state index is 9.04. The number of aryl methyl sites for hydroxylation is 2. The average molecular weight is 237 g/mol. The van der Waals surface area contributed by atoms with E-state index >= 15 is 0 Å². The summed E-state index contributed by atoms with van der Waals surface area (Å²) in [5.41, 5.74) is 3.16. The first-order valence-electron chi connectivity index (χ1n) is 5.94. The smallest absolute Gasteiger partial charge is 0.144 e. The predicted octanol–water partition coefficient (Wildman–Crippen LogP) is 2.88. The summed E-state index contributed by atoms with van der Waals surface area (Å²) in [6.45, 7) is 8.42. The number of anilines is 1. The van der Waals surface area contributed by atoms with Gasteiger partial charge in [0.05, 0.1) is 12.8 Å². The highest BCUT2D eigenvalue weighted by atomic mass is 16.5. The minimum Gasteiger partial charge on any atom is -0.494 e. The number of aliphatic hydroxyl groups excluding tert-OH is 1. The van der Waals surface area contributed by atoms with Crippen LogP contribution in [0.5, 0.6) is 5.75 Å². The Morgan fingerprint density at radius 1 is 1.29 bits per heavy atom. The first-order chi connectivity index (χ1) is 7.89. The van der Waals surface area contributed by atoms with Gasteiger partial charge in [-0.25, -0.2) is 0 Å². The molecule has 0 aromatic heterocycles. The van der Waals surface area contributed by atoms with Crippen LogP contribution >= 0.6 is 0 Å². The van der Waals surface area contributed by atoms with E-state index in [1.165, 1.54) is 5.56 Å². The standard InChI is InChI=1S/C14H23NO2/c1-10-8-11(2)13(17-5)12(9-10)15-14(3,4)6-7-16/h8-9,15-16H,6-7H2,1-5H3. The number of ether oxygens (including phenoxy) is 1. The van der Waals surface area contributed by atoms with Crippen LogP contribution in [0.1, 0.15) is 31.4 Å². The van der Waals surface area contributed by atoms with E-state index in [1.807, 2.05) is 6.92 Å². The topological polar surface area (TPSA) is 41.5 Å². The van der Waals surface area contributed by atoms with E-state index in [1.54, 1.807) is 7.11 Å². The minimum atomic E-state index is -0.151. The monoisotopic (exact) mass is 237 g/mol. The van der Waals surface area contributed by atoms with Crippen molar-refractivity contribution in [1.82, 2.24) is 0 Å². The molecule has 3 nitrogen and oxygen atoms in total. The van der Waals surface area contributed by atoms with Crippen molar-refractivity contribution in [2.45, 2.75) is 39.7 Å². The van der Waals surface area contributed by atoms with Crippen LogP contribution in [-0.2, 0) is 0 Å². The van der Waals surface area contributed by atoms with Gasteiger partial charge in [-0.05, 0) is 51.3 Å². The Balaban J connectivity index is 3.04. The first kappa shape index (κ1) is 13.8. The van der Waals surface area contributed by atoms with E-state index in [-0.39, 0.29) is 12.1 Å². The predicted molar refractivity (Wildman–Crippen MR) is 71.9 cm³/mol. The molecule has 0 amide bonds. The molecule has 0 heterocycles. The van der Waals surface area contributed by atoms with Crippen molar-refractivity contribution in [2.24, 2.45) is 0 Å². The van der Waals surface area contributed by atoms with Crippen LogP contribution in [0.25, 0.3) is 0 Å². The van der Waals surface area contributed by atoms with Crippen LogP contribution in [0.4, 0.5) is 5.69 Å². The van der Waals surface area contributed by atoms with E-state index in [4.69, 9.17) is 9.84 Å². The summed E-state index contributed by atoms with van der Waals surface area (Å²) in [6.07, 6.45) is 0.698. The normalized spacial score (nSPS) is 11.4. The number of nitrogens with one attached hydrogen (secondary N) is 1. The van der Waals surface area contributed by atoms with Crippen molar-refractivity contribution < 1.29 is 9.84 Å². The maximum absolute atomic E-state index is 9.04. The van der Waals surface area contributed by atoms with Gasteiger partial charge in [-0.1, -0.05) is 6.07 Å². The molecule has 17 heavy (non-hydrogen) atoms. The number of rotatable bonds is 5. The lowest BCUT2D eigenvalue weighted by Crippen LogP contribution is -2.32. The Morgan fingerprint density at radius 3 is 2.47 bits per heavy atom. The van der Waals surface area contributed by atoms with Gasteiger partial charge in [0.25, 0.3) is 0 Å². The van der Waals surface area contributed by atoms with Gasteiger partial charge in [0.1, 0.15) is 5.75 Å². The van der Waals surface area contributed by atoms with E-state index in [0.29, 0.717) is 6.42 Å².